The zero-order chi connectivity index (χ0) is 8.66. The van der Waals surface area contributed by atoms with Gasteiger partial charge in [0.25, 0.3) is 0 Å². The van der Waals surface area contributed by atoms with Crippen LogP contribution in [0.1, 0.15) is 12.8 Å². The molecule has 74 valence electrons. The minimum Gasteiger partial charge on any atom is -0.313 e. The minimum absolute atomic E-state index is 0. The van der Waals surface area contributed by atoms with Gasteiger partial charge in [-0.15, -0.1) is 12.4 Å². The van der Waals surface area contributed by atoms with E-state index in [9.17, 15) is 4.39 Å². The fourth-order valence-corrected chi connectivity index (χ4v) is 2.44. The first-order valence-corrected chi connectivity index (χ1v) is 4.09. The molecule has 0 amide bonds. The van der Waals surface area contributed by atoms with Gasteiger partial charge in [0.2, 0.25) is 0 Å². The number of halogens is 2. The number of fused-ring (bicyclic) bond motifs is 2. The summed E-state index contributed by atoms with van der Waals surface area (Å²) in [7, 11) is 0. The van der Waals surface area contributed by atoms with Crippen LogP contribution in [0.2, 0.25) is 0 Å². The fraction of sp³-hybridized carbons (Fsp3) is 1.00. The van der Waals surface area contributed by atoms with E-state index in [4.69, 9.17) is 5.53 Å². The Labute approximate surface area is 81.9 Å². The number of nitrogens with zero attached hydrogens (tertiary/aromatic N) is 3. The van der Waals surface area contributed by atoms with E-state index in [1.165, 1.54) is 0 Å². The number of alkyl halides is 1. The lowest BCUT2D eigenvalue weighted by Gasteiger charge is -2.56. The summed E-state index contributed by atoms with van der Waals surface area (Å²) in [5, 5.41) is 6.53. The maximum Gasteiger partial charge on any atom is 0.124 e. The van der Waals surface area contributed by atoms with Crippen LogP contribution >= 0.6 is 12.4 Å². The van der Waals surface area contributed by atoms with Gasteiger partial charge in [-0.25, -0.2) is 4.39 Å². The molecule has 2 heterocycles. The molecule has 1 N–H and O–H groups in total. The van der Waals surface area contributed by atoms with Gasteiger partial charge in [-0.05, 0) is 23.8 Å². The molecule has 0 atom stereocenters. The van der Waals surface area contributed by atoms with Crippen LogP contribution in [-0.2, 0) is 0 Å². The molecular formula is C7H12ClFN4. The Balaban J connectivity index is 0.000000845. The normalized spacial score (nSPS) is 41.0. The molecule has 0 aromatic rings. The molecule has 0 aromatic carbocycles. The summed E-state index contributed by atoms with van der Waals surface area (Å²) in [5.41, 5.74) is 7.06. The zero-order valence-electron chi connectivity index (χ0n) is 7.16. The smallest absolute Gasteiger partial charge is 0.124 e. The Morgan fingerprint density at radius 1 is 1.46 bits per heavy atom. The average molecular weight is 207 g/mol. The summed E-state index contributed by atoms with van der Waals surface area (Å²) in [6.07, 6.45) is 1.12. The largest absolute Gasteiger partial charge is 0.313 e. The molecule has 1 aliphatic carbocycles. The minimum atomic E-state index is -1.01. The van der Waals surface area contributed by atoms with Crippen molar-refractivity contribution in [3.05, 3.63) is 10.4 Å². The molecule has 2 saturated heterocycles. The van der Waals surface area contributed by atoms with E-state index in [0.717, 1.165) is 6.54 Å². The quantitative estimate of drug-likeness (QED) is 0.418. The molecule has 4 nitrogen and oxygen atoms in total. The van der Waals surface area contributed by atoms with Gasteiger partial charge in [-0.3, -0.25) is 0 Å². The lowest BCUT2D eigenvalue weighted by molar-refractivity contribution is -0.0912. The maximum atomic E-state index is 13.4. The van der Waals surface area contributed by atoms with Crippen molar-refractivity contribution in [3.8, 4) is 0 Å². The molecule has 2 aliphatic heterocycles. The Morgan fingerprint density at radius 2 is 2.15 bits per heavy atom. The van der Waals surface area contributed by atoms with Crippen molar-refractivity contribution < 1.29 is 4.39 Å². The van der Waals surface area contributed by atoms with E-state index in [1.807, 2.05) is 0 Å². The predicted molar refractivity (Wildman–Crippen MR) is 49.6 cm³/mol. The number of rotatable bonds is 2. The Morgan fingerprint density at radius 3 is 2.69 bits per heavy atom. The molecule has 13 heavy (non-hydrogen) atoms. The molecule has 0 unspecified atom stereocenters. The number of hydrogen-bond acceptors (Lipinski definition) is 2. The fourth-order valence-electron chi connectivity index (χ4n) is 2.44. The van der Waals surface area contributed by atoms with Gasteiger partial charge in [0.15, 0.2) is 0 Å². The van der Waals surface area contributed by atoms with E-state index < -0.39 is 5.67 Å². The summed E-state index contributed by atoms with van der Waals surface area (Å²) in [4.78, 5) is 2.70. The van der Waals surface area contributed by atoms with Gasteiger partial charge < -0.3 is 5.32 Å². The summed E-state index contributed by atoms with van der Waals surface area (Å²) in [6.45, 7) is 1.69. The standard InChI is InChI=1S/C7H11FN4.ClH/c8-7-1-6(2-7,3-10-5-7)4-11-12-9;/h10H,1-5H2;1H. The highest BCUT2D eigenvalue weighted by Gasteiger charge is 2.57. The lowest BCUT2D eigenvalue weighted by atomic mass is 9.57. The third-order valence-electron chi connectivity index (χ3n) is 2.79. The first-order chi connectivity index (χ1) is 5.68. The molecule has 2 bridgehead atoms. The highest BCUT2D eigenvalue weighted by atomic mass is 35.5. The second kappa shape index (κ2) is 3.33. The van der Waals surface area contributed by atoms with E-state index in [1.54, 1.807) is 0 Å². The molecule has 1 saturated carbocycles. The zero-order valence-corrected chi connectivity index (χ0v) is 7.98. The van der Waals surface area contributed by atoms with Crippen LogP contribution in [0.3, 0.4) is 0 Å². The van der Waals surface area contributed by atoms with Gasteiger partial charge in [0.05, 0.1) is 0 Å². The molecule has 0 aromatic heterocycles. The van der Waals surface area contributed by atoms with Crippen LogP contribution < -0.4 is 5.32 Å². The second-order valence-corrected chi connectivity index (χ2v) is 4.00. The summed E-state index contributed by atoms with van der Waals surface area (Å²) in [6, 6.07) is 0. The van der Waals surface area contributed by atoms with Crippen LogP contribution in [0.15, 0.2) is 5.11 Å². The van der Waals surface area contributed by atoms with Crippen molar-refractivity contribution in [1.29, 1.82) is 0 Å². The molecule has 3 aliphatic rings. The Kier molecular flexibility index (Phi) is 2.71. The van der Waals surface area contributed by atoms with Crippen molar-refractivity contribution >= 4 is 12.4 Å². The van der Waals surface area contributed by atoms with E-state index in [0.29, 0.717) is 25.9 Å². The third kappa shape index (κ3) is 1.73. The number of piperidine rings is 2. The SMILES string of the molecule is Cl.[N-]=[N+]=NCC12CNCC(F)(C1)C2. The van der Waals surface area contributed by atoms with Crippen LogP contribution in [0.5, 0.6) is 0 Å². The van der Waals surface area contributed by atoms with Crippen LogP contribution in [0.4, 0.5) is 4.39 Å². The van der Waals surface area contributed by atoms with Crippen LogP contribution in [0.25, 0.3) is 10.4 Å². The molecule has 6 heteroatoms. The first-order valence-electron chi connectivity index (χ1n) is 4.09. The van der Waals surface area contributed by atoms with Crippen molar-refractivity contribution in [3.63, 3.8) is 0 Å². The molecule has 0 spiro atoms. The van der Waals surface area contributed by atoms with Crippen molar-refractivity contribution in [2.75, 3.05) is 19.6 Å². The average Bonchev–Trinajstić information content (AvgIpc) is 1.99. The third-order valence-corrected chi connectivity index (χ3v) is 2.79. The Bertz CT molecular complexity index is 245. The van der Waals surface area contributed by atoms with Gasteiger partial charge in [0.1, 0.15) is 5.67 Å². The van der Waals surface area contributed by atoms with Crippen LogP contribution in [-0.4, -0.2) is 25.3 Å². The monoisotopic (exact) mass is 206 g/mol. The number of hydrogen-bond donors (Lipinski definition) is 1. The van der Waals surface area contributed by atoms with Crippen molar-refractivity contribution in [2.24, 2.45) is 10.5 Å². The topological polar surface area (TPSA) is 60.8 Å². The summed E-state index contributed by atoms with van der Waals surface area (Å²) < 4.78 is 13.4. The molecule has 0 radical (unpaired) electrons. The predicted octanol–water partition coefficient (Wildman–Crippen LogP) is 1.81. The summed E-state index contributed by atoms with van der Waals surface area (Å²) in [5.74, 6) is 0. The van der Waals surface area contributed by atoms with E-state index in [2.05, 4.69) is 15.3 Å². The van der Waals surface area contributed by atoms with E-state index in [-0.39, 0.29) is 17.8 Å². The first kappa shape index (κ1) is 10.6. The maximum absolute atomic E-state index is 13.4. The lowest BCUT2D eigenvalue weighted by Crippen LogP contribution is -2.65. The van der Waals surface area contributed by atoms with E-state index >= 15 is 0 Å². The van der Waals surface area contributed by atoms with Gasteiger partial charge in [-0.1, -0.05) is 5.11 Å². The van der Waals surface area contributed by atoms with Crippen LogP contribution in [0, 0.1) is 5.41 Å². The number of nitrogens with one attached hydrogen (secondary N) is 1. The van der Waals surface area contributed by atoms with Crippen molar-refractivity contribution in [2.45, 2.75) is 18.5 Å². The van der Waals surface area contributed by atoms with Crippen molar-refractivity contribution in [1.82, 2.24) is 5.32 Å². The molecular weight excluding hydrogens is 195 g/mol. The van der Waals surface area contributed by atoms with Gasteiger partial charge in [-0.2, -0.15) is 0 Å². The molecule has 3 fully saturated rings. The highest BCUT2D eigenvalue weighted by Crippen LogP contribution is 2.53. The van der Waals surface area contributed by atoms with Gasteiger partial charge in [0, 0.05) is 24.5 Å². The van der Waals surface area contributed by atoms with Gasteiger partial charge >= 0.3 is 0 Å². The summed E-state index contributed by atoms with van der Waals surface area (Å²) >= 11 is 0. The second-order valence-electron chi connectivity index (χ2n) is 4.00. The Hall–Kier alpha value is -0.510. The number of azide groups is 1. The molecule has 3 rings (SSSR count). The highest BCUT2D eigenvalue weighted by molar-refractivity contribution is 5.85.